The molecule has 2 N–H and O–H groups in total. The van der Waals surface area contributed by atoms with Gasteiger partial charge < -0.3 is 10.6 Å². The lowest BCUT2D eigenvalue weighted by atomic mass is 10.0. The van der Waals surface area contributed by atoms with Crippen LogP contribution < -0.4 is 10.6 Å². The lowest BCUT2D eigenvalue weighted by Gasteiger charge is -2.16. The predicted octanol–water partition coefficient (Wildman–Crippen LogP) is 3.32. The summed E-state index contributed by atoms with van der Waals surface area (Å²) in [5, 5.41) is 6.02. The van der Waals surface area contributed by atoms with E-state index in [-0.39, 0.29) is 18.3 Å². The largest absolute Gasteiger partial charge is 0.325 e. The van der Waals surface area contributed by atoms with Gasteiger partial charge in [0.05, 0.1) is 6.54 Å². The van der Waals surface area contributed by atoms with Gasteiger partial charge in [0.15, 0.2) is 0 Å². The van der Waals surface area contributed by atoms with Gasteiger partial charge in [-0.2, -0.15) is 0 Å². The van der Waals surface area contributed by atoms with E-state index in [1.165, 1.54) is 31.4 Å². The van der Waals surface area contributed by atoms with Crippen molar-refractivity contribution in [3.05, 3.63) is 30.1 Å². The SMILES string of the molecule is CC1CCCC(NCC(=O)Nc2cccc(F)c2)CC1. The van der Waals surface area contributed by atoms with Crippen LogP contribution in [-0.2, 0) is 4.79 Å². The Balaban J connectivity index is 1.74. The van der Waals surface area contributed by atoms with Crippen LogP contribution in [-0.4, -0.2) is 18.5 Å². The summed E-state index contributed by atoms with van der Waals surface area (Å²) in [6.45, 7) is 2.58. The molecule has 1 aromatic carbocycles. The fourth-order valence-electron chi connectivity index (χ4n) is 2.70. The van der Waals surface area contributed by atoms with E-state index in [9.17, 15) is 9.18 Å². The molecule has 20 heavy (non-hydrogen) atoms. The van der Waals surface area contributed by atoms with Gasteiger partial charge >= 0.3 is 0 Å². The molecule has 2 rings (SSSR count). The van der Waals surface area contributed by atoms with Crippen molar-refractivity contribution in [3.8, 4) is 0 Å². The minimum Gasteiger partial charge on any atom is -0.325 e. The van der Waals surface area contributed by atoms with E-state index in [0.29, 0.717) is 11.7 Å². The highest BCUT2D eigenvalue weighted by molar-refractivity contribution is 5.92. The smallest absolute Gasteiger partial charge is 0.238 e. The second-order valence-corrected chi connectivity index (χ2v) is 5.75. The molecule has 1 aliphatic rings. The lowest BCUT2D eigenvalue weighted by Crippen LogP contribution is -2.35. The molecule has 0 aromatic heterocycles. The number of carbonyl (C=O) groups is 1. The summed E-state index contributed by atoms with van der Waals surface area (Å²) in [4.78, 5) is 11.8. The van der Waals surface area contributed by atoms with E-state index in [1.807, 2.05) is 0 Å². The summed E-state index contributed by atoms with van der Waals surface area (Å²) in [5.41, 5.74) is 0.506. The molecule has 1 amide bonds. The van der Waals surface area contributed by atoms with Crippen molar-refractivity contribution in [2.24, 2.45) is 5.92 Å². The molecule has 3 nitrogen and oxygen atoms in total. The van der Waals surface area contributed by atoms with Crippen LogP contribution in [0.1, 0.15) is 39.0 Å². The van der Waals surface area contributed by atoms with E-state index in [0.717, 1.165) is 18.8 Å². The molecule has 2 atom stereocenters. The maximum Gasteiger partial charge on any atom is 0.238 e. The van der Waals surface area contributed by atoms with Gasteiger partial charge in [-0.05, 0) is 43.4 Å². The third-order valence-electron chi connectivity index (χ3n) is 3.92. The molecule has 1 fully saturated rings. The van der Waals surface area contributed by atoms with Crippen molar-refractivity contribution in [2.45, 2.75) is 45.1 Å². The average Bonchev–Trinajstić information content (AvgIpc) is 2.61. The van der Waals surface area contributed by atoms with E-state index in [4.69, 9.17) is 0 Å². The molecule has 0 saturated heterocycles. The number of hydrogen-bond donors (Lipinski definition) is 2. The van der Waals surface area contributed by atoms with Gasteiger partial charge in [-0.15, -0.1) is 0 Å². The second-order valence-electron chi connectivity index (χ2n) is 5.75. The highest BCUT2D eigenvalue weighted by Crippen LogP contribution is 2.22. The van der Waals surface area contributed by atoms with Crippen molar-refractivity contribution in [2.75, 3.05) is 11.9 Å². The normalized spacial score (nSPS) is 23.1. The van der Waals surface area contributed by atoms with Crippen LogP contribution in [0.3, 0.4) is 0 Å². The molecular formula is C16H23FN2O. The minimum absolute atomic E-state index is 0.118. The van der Waals surface area contributed by atoms with Crippen LogP contribution in [0.2, 0.25) is 0 Å². The number of benzene rings is 1. The Hall–Kier alpha value is -1.42. The van der Waals surface area contributed by atoms with Gasteiger partial charge in [0, 0.05) is 11.7 Å². The Morgan fingerprint density at radius 1 is 1.30 bits per heavy atom. The summed E-state index contributed by atoms with van der Waals surface area (Å²) in [6.07, 6.45) is 6.01. The van der Waals surface area contributed by atoms with Gasteiger partial charge in [0.2, 0.25) is 5.91 Å². The number of amides is 1. The molecule has 1 aliphatic carbocycles. The number of hydrogen-bond acceptors (Lipinski definition) is 2. The monoisotopic (exact) mass is 278 g/mol. The van der Waals surface area contributed by atoms with Gasteiger partial charge in [0.1, 0.15) is 5.82 Å². The molecule has 0 bridgehead atoms. The third-order valence-corrected chi connectivity index (χ3v) is 3.92. The molecule has 0 aliphatic heterocycles. The Kier molecular flexibility index (Phi) is 5.53. The Morgan fingerprint density at radius 3 is 2.95 bits per heavy atom. The van der Waals surface area contributed by atoms with Crippen LogP contribution >= 0.6 is 0 Å². The zero-order valence-corrected chi connectivity index (χ0v) is 12.0. The van der Waals surface area contributed by atoms with Crippen molar-refractivity contribution in [3.63, 3.8) is 0 Å². The molecule has 1 saturated carbocycles. The van der Waals surface area contributed by atoms with Gasteiger partial charge in [-0.1, -0.05) is 25.8 Å². The zero-order chi connectivity index (χ0) is 14.4. The molecule has 0 radical (unpaired) electrons. The Bertz CT molecular complexity index is 450. The second kappa shape index (κ2) is 7.39. The number of nitrogens with one attached hydrogen (secondary N) is 2. The number of rotatable bonds is 4. The zero-order valence-electron chi connectivity index (χ0n) is 12.0. The average molecular weight is 278 g/mol. The van der Waals surface area contributed by atoms with Crippen LogP contribution in [0.15, 0.2) is 24.3 Å². The highest BCUT2D eigenvalue weighted by Gasteiger charge is 2.16. The summed E-state index contributed by atoms with van der Waals surface area (Å²) in [7, 11) is 0. The summed E-state index contributed by atoms with van der Waals surface area (Å²) < 4.78 is 13.0. The van der Waals surface area contributed by atoms with Crippen LogP contribution in [0.25, 0.3) is 0 Å². The van der Waals surface area contributed by atoms with E-state index < -0.39 is 0 Å². The first-order chi connectivity index (χ1) is 9.63. The molecule has 2 unspecified atom stereocenters. The fraction of sp³-hybridized carbons (Fsp3) is 0.562. The van der Waals surface area contributed by atoms with Crippen LogP contribution in [0, 0.1) is 11.7 Å². The number of anilines is 1. The van der Waals surface area contributed by atoms with Gasteiger partial charge in [0.25, 0.3) is 0 Å². The van der Waals surface area contributed by atoms with E-state index in [2.05, 4.69) is 17.6 Å². The topological polar surface area (TPSA) is 41.1 Å². The predicted molar refractivity (Wildman–Crippen MR) is 79.1 cm³/mol. The Morgan fingerprint density at radius 2 is 2.15 bits per heavy atom. The first kappa shape index (κ1) is 15.0. The van der Waals surface area contributed by atoms with Gasteiger partial charge in [-0.25, -0.2) is 4.39 Å². The molecule has 4 heteroatoms. The molecule has 0 heterocycles. The number of halogens is 1. The number of carbonyl (C=O) groups excluding carboxylic acids is 1. The molecule has 0 spiro atoms. The minimum atomic E-state index is -0.339. The Labute approximate surface area is 120 Å². The maximum atomic E-state index is 13.0. The summed E-state index contributed by atoms with van der Waals surface area (Å²) >= 11 is 0. The first-order valence-electron chi connectivity index (χ1n) is 7.42. The molecule has 1 aromatic rings. The van der Waals surface area contributed by atoms with Crippen molar-refractivity contribution >= 4 is 11.6 Å². The maximum absolute atomic E-state index is 13.0. The van der Waals surface area contributed by atoms with Gasteiger partial charge in [-0.3, -0.25) is 4.79 Å². The van der Waals surface area contributed by atoms with Crippen LogP contribution in [0.5, 0.6) is 0 Å². The molecule has 110 valence electrons. The third kappa shape index (κ3) is 4.93. The fourth-order valence-corrected chi connectivity index (χ4v) is 2.70. The lowest BCUT2D eigenvalue weighted by molar-refractivity contribution is -0.115. The molecular weight excluding hydrogens is 255 g/mol. The van der Waals surface area contributed by atoms with Crippen LogP contribution in [0.4, 0.5) is 10.1 Å². The van der Waals surface area contributed by atoms with E-state index in [1.54, 1.807) is 12.1 Å². The quantitative estimate of drug-likeness (QED) is 0.830. The van der Waals surface area contributed by atoms with Crippen molar-refractivity contribution in [1.82, 2.24) is 5.32 Å². The van der Waals surface area contributed by atoms with Crippen molar-refractivity contribution < 1.29 is 9.18 Å². The standard InChI is InChI=1S/C16H23FN2O/c1-12-4-2-6-14(9-8-12)18-11-16(20)19-15-7-3-5-13(17)10-15/h3,5,7,10,12,14,18H,2,4,6,8-9,11H2,1H3,(H,19,20). The van der Waals surface area contributed by atoms with E-state index >= 15 is 0 Å². The first-order valence-corrected chi connectivity index (χ1v) is 7.42. The highest BCUT2D eigenvalue weighted by atomic mass is 19.1. The van der Waals surface area contributed by atoms with Crippen molar-refractivity contribution in [1.29, 1.82) is 0 Å². The summed E-state index contributed by atoms with van der Waals surface area (Å²) in [6, 6.07) is 6.39. The summed E-state index contributed by atoms with van der Waals surface area (Å²) in [5.74, 6) is 0.337.